The molecule has 0 radical (unpaired) electrons. The van der Waals surface area contributed by atoms with Gasteiger partial charge >= 0.3 is 0 Å². The lowest BCUT2D eigenvalue weighted by atomic mass is 10.1. The molecule has 1 atom stereocenters. The summed E-state index contributed by atoms with van der Waals surface area (Å²) in [6, 6.07) is 0. The van der Waals surface area contributed by atoms with Crippen LogP contribution in [0.4, 0.5) is 0 Å². The molecule has 1 N–H and O–H groups in total. The van der Waals surface area contributed by atoms with Crippen LogP contribution in [-0.4, -0.2) is 39.0 Å². The summed E-state index contributed by atoms with van der Waals surface area (Å²) in [5.74, 6) is 0. The molecule has 1 unspecified atom stereocenters. The summed E-state index contributed by atoms with van der Waals surface area (Å²) in [6.07, 6.45) is 7.66. The number of rotatable bonds is 9. The first-order valence-corrected chi connectivity index (χ1v) is 6.83. The highest BCUT2D eigenvalue weighted by Gasteiger charge is 2.13. The normalized spacial score (nSPS) is 21.2. The molecule has 16 heavy (non-hydrogen) atoms. The highest BCUT2D eigenvalue weighted by molar-refractivity contribution is 4.62. The summed E-state index contributed by atoms with van der Waals surface area (Å²) in [7, 11) is 0. The molecule has 1 rings (SSSR count). The molecule has 0 aromatic carbocycles. The highest BCUT2D eigenvalue weighted by Crippen LogP contribution is 2.12. The molecule has 0 aromatic rings. The smallest absolute Gasteiger partial charge is 0.0808 e. The van der Waals surface area contributed by atoms with Gasteiger partial charge in [0.2, 0.25) is 0 Å². The van der Waals surface area contributed by atoms with E-state index < -0.39 is 0 Å². The molecule has 0 aliphatic carbocycles. The van der Waals surface area contributed by atoms with Gasteiger partial charge in [-0.3, -0.25) is 0 Å². The number of hydrogen-bond acceptors (Lipinski definition) is 3. The predicted molar refractivity (Wildman–Crippen MR) is 66.8 cm³/mol. The molecule has 0 spiro atoms. The predicted octanol–water partition coefficient (Wildman–Crippen LogP) is 2.35. The summed E-state index contributed by atoms with van der Waals surface area (Å²) in [6.45, 7) is 7.05. The topological polar surface area (TPSA) is 30.5 Å². The standard InChI is InChI=1S/C13H27NO2/c1-2-8-14-9-4-6-10-15-12-13-7-3-5-11-16-13/h13-14H,2-12H2,1H3. The number of unbranched alkanes of at least 4 members (excludes halogenated alkanes) is 1. The van der Waals surface area contributed by atoms with Gasteiger partial charge in [-0.2, -0.15) is 0 Å². The van der Waals surface area contributed by atoms with Gasteiger partial charge in [-0.25, -0.2) is 0 Å². The Balaban J connectivity index is 1.77. The van der Waals surface area contributed by atoms with Gasteiger partial charge in [-0.15, -0.1) is 0 Å². The van der Waals surface area contributed by atoms with Crippen LogP contribution >= 0.6 is 0 Å². The molecule has 0 saturated carbocycles. The van der Waals surface area contributed by atoms with Crippen molar-refractivity contribution >= 4 is 0 Å². The lowest BCUT2D eigenvalue weighted by Gasteiger charge is -2.22. The van der Waals surface area contributed by atoms with Crippen molar-refractivity contribution in [2.75, 3.05) is 32.9 Å². The zero-order chi connectivity index (χ0) is 11.5. The Hall–Kier alpha value is -0.120. The summed E-state index contributed by atoms with van der Waals surface area (Å²) in [5, 5.41) is 3.40. The number of ether oxygens (including phenoxy) is 2. The molecule has 3 heteroatoms. The van der Waals surface area contributed by atoms with Crippen LogP contribution in [0, 0.1) is 0 Å². The van der Waals surface area contributed by atoms with E-state index in [1.807, 2.05) is 0 Å². The van der Waals surface area contributed by atoms with Crippen molar-refractivity contribution in [3.63, 3.8) is 0 Å². The van der Waals surface area contributed by atoms with Gasteiger partial charge in [0.15, 0.2) is 0 Å². The number of hydrogen-bond donors (Lipinski definition) is 1. The van der Waals surface area contributed by atoms with Crippen molar-refractivity contribution < 1.29 is 9.47 Å². The maximum atomic E-state index is 5.63. The Morgan fingerprint density at radius 3 is 2.94 bits per heavy atom. The fraction of sp³-hybridized carbons (Fsp3) is 1.00. The molecule has 1 aliphatic rings. The van der Waals surface area contributed by atoms with E-state index in [0.717, 1.165) is 39.3 Å². The molecular formula is C13H27NO2. The lowest BCUT2D eigenvalue weighted by Crippen LogP contribution is -2.24. The van der Waals surface area contributed by atoms with Crippen molar-refractivity contribution in [2.45, 2.75) is 51.6 Å². The van der Waals surface area contributed by atoms with Crippen LogP contribution in [0.2, 0.25) is 0 Å². The maximum absolute atomic E-state index is 5.63. The van der Waals surface area contributed by atoms with Crippen molar-refractivity contribution in [1.29, 1.82) is 0 Å². The minimum absolute atomic E-state index is 0.368. The molecule has 0 amide bonds. The fourth-order valence-electron chi connectivity index (χ4n) is 1.91. The van der Waals surface area contributed by atoms with Crippen LogP contribution in [0.25, 0.3) is 0 Å². The van der Waals surface area contributed by atoms with E-state index in [9.17, 15) is 0 Å². The average Bonchev–Trinajstić information content (AvgIpc) is 2.34. The van der Waals surface area contributed by atoms with Gasteiger partial charge in [-0.1, -0.05) is 6.92 Å². The van der Waals surface area contributed by atoms with E-state index in [2.05, 4.69) is 12.2 Å². The van der Waals surface area contributed by atoms with Crippen molar-refractivity contribution in [3.05, 3.63) is 0 Å². The van der Waals surface area contributed by atoms with E-state index in [1.165, 1.54) is 32.1 Å². The van der Waals surface area contributed by atoms with Crippen LogP contribution in [0.3, 0.4) is 0 Å². The maximum Gasteiger partial charge on any atom is 0.0808 e. The third kappa shape index (κ3) is 7.20. The van der Waals surface area contributed by atoms with Crippen LogP contribution in [0.1, 0.15) is 45.4 Å². The second-order valence-electron chi connectivity index (χ2n) is 4.52. The molecular weight excluding hydrogens is 202 g/mol. The van der Waals surface area contributed by atoms with E-state index in [4.69, 9.17) is 9.47 Å². The summed E-state index contributed by atoms with van der Waals surface area (Å²) in [5.41, 5.74) is 0. The van der Waals surface area contributed by atoms with Crippen LogP contribution in [-0.2, 0) is 9.47 Å². The van der Waals surface area contributed by atoms with Gasteiger partial charge in [0.1, 0.15) is 0 Å². The first-order chi connectivity index (χ1) is 7.93. The molecule has 3 nitrogen and oxygen atoms in total. The van der Waals surface area contributed by atoms with Gasteiger partial charge in [0.05, 0.1) is 12.7 Å². The van der Waals surface area contributed by atoms with Crippen LogP contribution in [0.15, 0.2) is 0 Å². The molecule has 0 bridgehead atoms. The van der Waals surface area contributed by atoms with Crippen molar-refractivity contribution in [3.8, 4) is 0 Å². The quantitative estimate of drug-likeness (QED) is 0.616. The molecule has 96 valence electrons. The lowest BCUT2D eigenvalue weighted by molar-refractivity contribution is -0.0410. The minimum Gasteiger partial charge on any atom is -0.379 e. The Bertz CT molecular complexity index is 147. The summed E-state index contributed by atoms with van der Waals surface area (Å²) >= 11 is 0. The van der Waals surface area contributed by atoms with Crippen molar-refractivity contribution in [2.24, 2.45) is 0 Å². The molecule has 1 heterocycles. The summed E-state index contributed by atoms with van der Waals surface area (Å²) in [4.78, 5) is 0. The Kier molecular flexibility index (Phi) is 8.77. The number of nitrogens with one attached hydrogen (secondary N) is 1. The molecule has 0 aromatic heterocycles. The zero-order valence-electron chi connectivity index (χ0n) is 10.7. The fourth-order valence-corrected chi connectivity index (χ4v) is 1.91. The van der Waals surface area contributed by atoms with Crippen LogP contribution in [0.5, 0.6) is 0 Å². The molecule has 1 aliphatic heterocycles. The van der Waals surface area contributed by atoms with Gasteiger partial charge < -0.3 is 14.8 Å². The van der Waals surface area contributed by atoms with Gasteiger partial charge in [-0.05, 0) is 51.6 Å². The Labute approximate surface area is 99.9 Å². The zero-order valence-corrected chi connectivity index (χ0v) is 10.7. The third-order valence-corrected chi connectivity index (χ3v) is 2.90. The monoisotopic (exact) mass is 229 g/mol. The highest BCUT2D eigenvalue weighted by atomic mass is 16.5. The minimum atomic E-state index is 0.368. The van der Waals surface area contributed by atoms with E-state index >= 15 is 0 Å². The molecule has 1 saturated heterocycles. The Morgan fingerprint density at radius 2 is 2.19 bits per heavy atom. The van der Waals surface area contributed by atoms with Gasteiger partial charge in [0.25, 0.3) is 0 Å². The van der Waals surface area contributed by atoms with E-state index in [-0.39, 0.29) is 0 Å². The summed E-state index contributed by atoms with van der Waals surface area (Å²) < 4.78 is 11.2. The second-order valence-corrected chi connectivity index (χ2v) is 4.52. The second kappa shape index (κ2) is 10.1. The first-order valence-electron chi connectivity index (χ1n) is 6.83. The van der Waals surface area contributed by atoms with Crippen molar-refractivity contribution in [1.82, 2.24) is 5.32 Å². The average molecular weight is 229 g/mol. The SMILES string of the molecule is CCCNCCCCOCC1CCCCO1. The first kappa shape index (κ1) is 13.9. The Morgan fingerprint density at radius 1 is 1.25 bits per heavy atom. The third-order valence-electron chi connectivity index (χ3n) is 2.90. The van der Waals surface area contributed by atoms with E-state index in [0.29, 0.717) is 6.10 Å². The molecule has 1 fully saturated rings. The largest absolute Gasteiger partial charge is 0.379 e. The van der Waals surface area contributed by atoms with Crippen LogP contribution < -0.4 is 5.32 Å². The van der Waals surface area contributed by atoms with E-state index in [1.54, 1.807) is 0 Å². The van der Waals surface area contributed by atoms with Gasteiger partial charge in [0, 0.05) is 13.2 Å².